The summed E-state index contributed by atoms with van der Waals surface area (Å²) in [5, 5.41) is 15.1. The van der Waals surface area contributed by atoms with Crippen LogP contribution in [0, 0.1) is 0 Å². The molecular weight excluding hydrogens is 323 g/mol. The van der Waals surface area contributed by atoms with Crippen molar-refractivity contribution in [2.75, 3.05) is 31.7 Å². The number of nitrogens with one attached hydrogen (secondary N) is 2. The van der Waals surface area contributed by atoms with E-state index in [4.69, 9.17) is 9.84 Å². The fraction of sp³-hybridized carbons (Fsp3) is 0.500. The van der Waals surface area contributed by atoms with Gasteiger partial charge in [-0.1, -0.05) is 0 Å². The Bertz CT molecular complexity index is 568. The van der Waals surface area contributed by atoms with Crippen molar-refractivity contribution in [1.29, 1.82) is 0 Å². The zero-order valence-corrected chi connectivity index (χ0v) is 15.3. The molecule has 2 rings (SSSR count). The minimum Gasteiger partial charge on any atom is -0.396 e. The molecule has 3 N–H and O–H groups in total. The number of aliphatic hydroxyl groups is 1. The Morgan fingerprint density at radius 3 is 2.84 bits per heavy atom. The van der Waals surface area contributed by atoms with Crippen LogP contribution in [0.5, 0.6) is 0 Å². The van der Waals surface area contributed by atoms with E-state index < -0.39 is 5.95 Å². The molecule has 0 aliphatic carbocycles. The molecule has 0 fully saturated rings. The van der Waals surface area contributed by atoms with Crippen LogP contribution < -0.4 is 15.5 Å². The van der Waals surface area contributed by atoms with Gasteiger partial charge in [0, 0.05) is 24.9 Å². The molecule has 0 saturated heterocycles. The van der Waals surface area contributed by atoms with E-state index in [0.717, 1.165) is 16.9 Å². The topological polar surface area (TPSA) is 69.6 Å². The maximum Gasteiger partial charge on any atom is 0.184 e. The number of allylic oxidation sites excluding steroid dienone is 1. The highest BCUT2D eigenvalue weighted by Gasteiger charge is 2.30. The number of hydrogen-bond donors (Lipinski definition) is 3. The summed E-state index contributed by atoms with van der Waals surface area (Å²) < 4.78 is 19.6. The second kappa shape index (κ2) is 10.8. The largest absolute Gasteiger partial charge is 0.396 e. The van der Waals surface area contributed by atoms with Gasteiger partial charge in [-0.25, -0.2) is 4.98 Å². The summed E-state index contributed by atoms with van der Waals surface area (Å²) in [4.78, 5) is 6.53. The number of fused-ring (bicyclic) bond motifs is 1. The summed E-state index contributed by atoms with van der Waals surface area (Å²) in [6.07, 6.45) is 3.00. The smallest absolute Gasteiger partial charge is 0.184 e. The van der Waals surface area contributed by atoms with Gasteiger partial charge in [0.1, 0.15) is 18.2 Å². The Hall–Kier alpha value is -1.96. The number of halogens is 1. The fourth-order valence-electron chi connectivity index (χ4n) is 2.70. The second-order valence-corrected chi connectivity index (χ2v) is 5.31. The van der Waals surface area contributed by atoms with E-state index in [2.05, 4.69) is 28.8 Å². The standard InChI is InChI=1S/C16H25FN4O2.C2H4/c1-4-13(17)20-14-10-23-16(18-3)12-8-11(6-7-22)9-19-15(12)21(14)5-2;1-2/h4,8-9,14,16,18,20,22H,5-7,10H2,1-3H3;1-2H2/b13-4-;. The molecule has 0 aromatic carbocycles. The molecule has 1 aliphatic heterocycles. The number of likely N-dealkylation sites (N-methyl/N-ethyl adjacent to an activating group) is 1. The highest BCUT2D eigenvalue weighted by molar-refractivity contribution is 5.51. The predicted molar refractivity (Wildman–Crippen MR) is 98.8 cm³/mol. The van der Waals surface area contributed by atoms with Gasteiger partial charge < -0.3 is 20.1 Å². The average molecular weight is 352 g/mol. The van der Waals surface area contributed by atoms with Crippen molar-refractivity contribution in [2.24, 2.45) is 0 Å². The van der Waals surface area contributed by atoms with Gasteiger partial charge in [0.25, 0.3) is 0 Å². The minimum atomic E-state index is -0.390. The summed E-state index contributed by atoms with van der Waals surface area (Å²) in [5.74, 6) is 0.367. The Morgan fingerprint density at radius 2 is 2.28 bits per heavy atom. The molecule has 25 heavy (non-hydrogen) atoms. The number of nitrogens with zero attached hydrogens (tertiary/aromatic N) is 2. The average Bonchev–Trinajstić information content (AvgIpc) is 2.79. The molecule has 6 nitrogen and oxygen atoms in total. The first-order valence-corrected chi connectivity index (χ1v) is 8.38. The molecule has 7 heteroatoms. The van der Waals surface area contributed by atoms with Crippen LogP contribution in [0.3, 0.4) is 0 Å². The fourth-order valence-corrected chi connectivity index (χ4v) is 2.70. The van der Waals surface area contributed by atoms with Crippen LogP contribution in [0.2, 0.25) is 0 Å². The summed E-state index contributed by atoms with van der Waals surface area (Å²) in [5.41, 5.74) is 1.84. The van der Waals surface area contributed by atoms with E-state index in [1.807, 2.05) is 24.9 Å². The molecule has 0 amide bonds. The Balaban J connectivity index is 0.00000151. The molecule has 2 heterocycles. The van der Waals surface area contributed by atoms with Crippen LogP contribution in [0.25, 0.3) is 0 Å². The third kappa shape index (κ3) is 5.26. The molecule has 1 aromatic heterocycles. The third-order valence-corrected chi connectivity index (χ3v) is 3.86. The Labute approximate surface area is 149 Å². The van der Waals surface area contributed by atoms with Crippen molar-refractivity contribution in [3.63, 3.8) is 0 Å². The SMILES string of the molecule is C/C=C(/F)NC1COC(NC)c2cc(CCO)cnc2N1CC.C=C. The number of ether oxygens (including phenoxy) is 1. The molecule has 1 aromatic rings. The highest BCUT2D eigenvalue weighted by atomic mass is 19.1. The van der Waals surface area contributed by atoms with E-state index in [1.165, 1.54) is 6.08 Å². The van der Waals surface area contributed by atoms with Crippen LogP contribution in [0.1, 0.15) is 31.2 Å². The maximum atomic E-state index is 13.7. The van der Waals surface area contributed by atoms with E-state index in [9.17, 15) is 4.39 Å². The zero-order valence-electron chi connectivity index (χ0n) is 15.3. The number of anilines is 1. The van der Waals surface area contributed by atoms with Gasteiger partial charge in [-0.15, -0.1) is 13.2 Å². The Kier molecular flexibility index (Phi) is 9.12. The van der Waals surface area contributed by atoms with Gasteiger partial charge in [0.2, 0.25) is 0 Å². The first-order chi connectivity index (χ1) is 12.1. The summed E-state index contributed by atoms with van der Waals surface area (Å²) in [6, 6.07) is 1.98. The monoisotopic (exact) mass is 352 g/mol. The summed E-state index contributed by atoms with van der Waals surface area (Å²) in [7, 11) is 1.81. The molecule has 0 spiro atoms. The molecule has 0 saturated carbocycles. The van der Waals surface area contributed by atoms with Gasteiger partial charge in [-0.3, -0.25) is 5.32 Å². The van der Waals surface area contributed by atoms with Crippen molar-refractivity contribution in [3.05, 3.63) is 48.6 Å². The van der Waals surface area contributed by atoms with E-state index in [0.29, 0.717) is 19.6 Å². The maximum absolute atomic E-state index is 13.7. The lowest BCUT2D eigenvalue weighted by atomic mass is 10.1. The lowest BCUT2D eigenvalue weighted by molar-refractivity contribution is 0.0263. The quantitative estimate of drug-likeness (QED) is 0.539. The van der Waals surface area contributed by atoms with Crippen molar-refractivity contribution in [1.82, 2.24) is 15.6 Å². The van der Waals surface area contributed by atoms with Gasteiger partial charge >= 0.3 is 0 Å². The molecule has 2 atom stereocenters. The molecule has 140 valence electrons. The number of aliphatic hydroxyl groups excluding tert-OH is 1. The molecule has 2 unspecified atom stereocenters. The first kappa shape index (κ1) is 21.1. The van der Waals surface area contributed by atoms with E-state index >= 15 is 0 Å². The molecule has 0 radical (unpaired) electrons. The number of pyridine rings is 1. The minimum absolute atomic E-state index is 0.0692. The van der Waals surface area contributed by atoms with Crippen molar-refractivity contribution >= 4 is 5.82 Å². The van der Waals surface area contributed by atoms with Crippen molar-refractivity contribution in [3.8, 4) is 0 Å². The highest BCUT2D eigenvalue weighted by Crippen LogP contribution is 2.30. The Morgan fingerprint density at radius 1 is 1.56 bits per heavy atom. The normalized spacial score (nSPS) is 20.2. The van der Waals surface area contributed by atoms with E-state index in [-0.39, 0.29) is 19.0 Å². The van der Waals surface area contributed by atoms with Gasteiger partial charge in [0.15, 0.2) is 5.95 Å². The van der Waals surface area contributed by atoms with Gasteiger partial charge in [0.05, 0.1) is 6.61 Å². The van der Waals surface area contributed by atoms with Crippen molar-refractivity contribution < 1.29 is 14.2 Å². The molecule has 0 bridgehead atoms. The van der Waals surface area contributed by atoms with E-state index in [1.54, 1.807) is 13.1 Å². The summed E-state index contributed by atoms with van der Waals surface area (Å²) >= 11 is 0. The molecular formula is C18H29FN4O2. The first-order valence-electron chi connectivity index (χ1n) is 8.38. The van der Waals surface area contributed by atoms with Crippen LogP contribution in [0.15, 0.2) is 37.4 Å². The zero-order chi connectivity index (χ0) is 18.8. The van der Waals surface area contributed by atoms with Gasteiger partial charge in [-0.05, 0) is 45.0 Å². The van der Waals surface area contributed by atoms with Crippen molar-refractivity contribution in [2.45, 2.75) is 32.7 Å². The summed E-state index contributed by atoms with van der Waals surface area (Å²) in [6.45, 7) is 10.7. The molecule has 1 aliphatic rings. The number of rotatable bonds is 6. The predicted octanol–water partition coefficient (Wildman–Crippen LogP) is 2.24. The van der Waals surface area contributed by atoms with Crippen LogP contribution in [0.4, 0.5) is 10.2 Å². The van der Waals surface area contributed by atoms with Crippen LogP contribution in [-0.4, -0.2) is 43.1 Å². The van der Waals surface area contributed by atoms with Crippen LogP contribution >= 0.6 is 0 Å². The number of hydrogen-bond acceptors (Lipinski definition) is 6. The lowest BCUT2D eigenvalue weighted by Gasteiger charge is -2.30. The third-order valence-electron chi connectivity index (χ3n) is 3.86. The second-order valence-electron chi connectivity index (χ2n) is 5.31. The van der Waals surface area contributed by atoms with Crippen LogP contribution in [-0.2, 0) is 11.2 Å². The van der Waals surface area contributed by atoms with Gasteiger partial charge in [-0.2, -0.15) is 4.39 Å². The lowest BCUT2D eigenvalue weighted by Crippen LogP contribution is -2.47. The number of aromatic nitrogens is 1.